The topological polar surface area (TPSA) is 192 Å². The van der Waals surface area contributed by atoms with E-state index in [1.165, 1.54) is 128 Å². The van der Waals surface area contributed by atoms with Gasteiger partial charge in [-0.2, -0.15) is 0 Å². The molecule has 6 atom stereocenters. The summed E-state index contributed by atoms with van der Waals surface area (Å²) in [4.78, 5) is 23.1. The maximum atomic E-state index is 12.8. The summed E-state index contributed by atoms with van der Waals surface area (Å²) in [6.07, 6.45) is 27.0. The monoisotopic (exact) mass is 851 g/mol. The third-order valence-electron chi connectivity index (χ3n) is 11.1. The third kappa shape index (κ3) is 28.6. The van der Waals surface area contributed by atoms with E-state index in [0.29, 0.717) is 13.0 Å². The van der Waals surface area contributed by atoms with E-state index in [1.54, 1.807) is 0 Å². The number of unbranched alkanes of at least 4 members (excludes halogenated alkanes) is 26. The Labute approximate surface area is 352 Å². The Balaban J connectivity index is 2.38. The highest BCUT2D eigenvalue weighted by Crippen LogP contribution is 2.47. The second-order valence-corrected chi connectivity index (χ2v) is 18.0. The Morgan fingerprint density at radius 3 is 1.36 bits per heavy atom. The van der Waals surface area contributed by atoms with Crippen molar-refractivity contribution in [1.82, 2.24) is 0 Å². The summed E-state index contributed by atoms with van der Waals surface area (Å²) in [7, 11) is -5.01. The van der Waals surface area contributed by atoms with Crippen LogP contribution in [0.4, 0.5) is 0 Å². The number of phosphoric ester groups is 1. The molecule has 1 fully saturated rings. The number of carbonyl (C=O) groups is 1. The first kappa shape index (κ1) is 55.1. The maximum Gasteiger partial charge on any atom is 0.472 e. The highest BCUT2D eigenvalue weighted by molar-refractivity contribution is 7.47. The van der Waals surface area contributed by atoms with Gasteiger partial charge in [-0.05, 0) is 38.5 Å². The normalized spacial score (nSPS) is 22.7. The zero-order valence-electron chi connectivity index (χ0n) is 36.6. The van der Waals surface area contributed by atoms with Crippen molar-refractivity contribution in [3.63, 3.8) is 0 Å². The second kappa shape index (κ2) is 36.7. The summed E-state index contributed by atoms with van der Waals surface area (Å²) in [5, 5.41) is 50.2. The molecule has 0 aromatic heterocycles. The first-order valence-corrected chi connectivity index (χ1v) is 25.0. The van der Waals surface area contributed by atoms with Crippen LogP contribution in [0.3, 0.4) is 0 Å². The van der Waals surface area contributed by atoms with Gasteiger partial charge in [-0.3, -0.25) is 13.8 Å². The van der Waals surface area contributed by atoms with E-state index in [1.807, 2.05) is 0 Å². The summed E-state index contributed by atoms with van der Waals surface area (Å²) in [5.74, 6) is -0.476. The van der Waals surface area contributed by atoms with Crippen LogP contribution >= 0.6 is 7.82 Å². The van der Waals surface area contributed by atoms with Crippen molar-refractivity contribution >= 4 is 13.8 Å². The molecule has 1 aliphatic rings. The van der Waals surface area contributed by atoms with Gasteiger partial charge in [0.05, 0.1) is 13.2 Å². The molecule has 6 N–H and O–H groups in total. The van der Waals surface area contributed by atoms with E-state index >= 15 is 0 Å². The predicted molar refractivity (Wildman–Crippen MR) is 230 cm³/mol. The van der Waals surface area contributed by atoms with Gasteiger partial charge in [0.25, 0.3) is 0 Å². The highest BCUT2D eigenvalue weighted by atomic mass is 31.2. The van der Waals surface area contributed by atoms with Crippen LogP contribution in [-0.2, 0) is 27.9 Å². The first-order chi connectivity index (χ1) is 28.0. The van der Waals surface area contributed by atoms with Crippen LogP contribution in [0.15, 0.2) is 12.2 Å². The lowest BCUT2D eigenvalue weighted by molar-refractivity contribution is -0.220. The third-order valence-corrected chi connectivity index (χ3v) is 12.1. The van der Waals surface area contributed by atoms with Crippen LogP contribution in [-0.4, -0.2) is 98.9 Å². The average molecular weight is 851 g/mol. The lowest BCUT2D eigenvalue weighted by Crippen LogP contribution is -2.64. The summed E-state index contributed by atoms with van der Waals surface area (Å²) in [6, 6.07) is 0. The van der Waals surface area contributed by atoms with Crippen molar-refractivity contribution in [1.29, 1.82) is 0 Å². The van der Waals surface area contributed by atoms with Crippen molar-refractivity contribution in [2.45, 2.75) is 249 Å². The molecule has 13 heteroatoms. The van der Waals surface area contributed by atoms with Gasteiger partial charge in [0.15, 0.2) is 0 Å². The Morgan fingerprint density at radius 2 is 0.914 bits per heavy atom. The van der Waals surface area contributed by atoms with Gasteiger partial charge in [-0.1, -0.05) is 174 Å². The lowest BCUT2D eigenvalue weighted by atomic mass is 9.85. The lowest BCUT2D eigenvalue weighted by Gasteiger charge is -2.41. The Morgan fingerprint density at radius 1 is 0.534 bits per heavy atom. The van der Waals surface area contributed by atoms with Crippen LogP contribution in [0.1, 0.15) is 206 Å². The van der Waals surface area contributed by atoms with Crippen molar-refractivity contribution < 1.29 is 58.3 Å². The largest absolute Gasteiger partial charge is 0.472 e. The Hall–Kier alpha value is -0.920. The quantitative estimate of drug-likeness (QED) is 0.0148. The number of esters is 1. The van der Waals surface area contributed by atoms with Crippen molar-refractivity contribution in [2.75, 3.05) is 19.8 Å². The van der Waals surface area contributed by atoms with E-state index in [2.05, 4.69) is 26.0 Å². The van der Waals surface area contributed by atoms with Crippen LogP contribution in [0, 0.1) is 0 Å². The highest BCUT2D eigenvalue weighted by Gasteiger charge is 2.51. The minimum Gasteiger partial charge on any atom is -0.457 e. The Bertz CT molecular complexity index is 1020. The number of carbonyl (C=O) groups excluding carboxylic acids is 1. The molecular formula is C45H87O12P. The summed E-state index contributed by atoms with van der Waals surface area (Å²) in [5.41, 5.74) is 0. The number of hydrogen-bond donors (Lipinski definition) is 6. The van der Waals surface area contributed by atoms with Gasteiger partial charge in [0.2, 0.25) is 0 Å². The number of aliphatic hydroxyl groups excluding tert-OH is 5. The minimum absolute atomic E-state index is 0.0755. The van der Waals surface area contributed by atoms with E-state index in [9.17, 15) is 39.8 Å². The molecule has 0 spiro atoms. The number of aliphatic hydroxyl groups is 5. The van der Waals surface area contributed by atoms with Gasteiger partial charge in [0.1, 0.15) is 42.7 Å². The zero-order chi connectivity index (χ0) is 42.7. The maximum absolute atomic E-state index is 12.8. The van der Waals surface area contributed by atoms with Crippen molar-refractivity contribution in [3.05, 3.63) is 12.2 Å². The number of ether oxygens (including phenoxy) is 2. The van der Waals surface area contributed by atoms with Crippen LogP contribution in [0.25, 0.3) is 0 Å². The molecule has 1 aliphatic carbocycles. The van der Waals surface area contributed by atoms with Gasteiger partial charge in [-0.15, -0.1) is 0 Å². The predicted octanol–water partition coefficient (Wildman–Crippen LogP) is 9.53. The molecule has 0 heterocycles. The molecule has 0 radical (unpaired) electrons. The van der Waals surface area contributed by atoms with Crippen molar-refractivity contribution in [3.8, 4) is 0 Å². The molecule has 12 nitrogen and oxygen atoms in total. The van der Waals surface area contributed by atoms with E-state index in [4.69, 9.17) is 18.5 Å². The molecule has 1 saturated carbocycles. The SMILES string of the molecule is CCCCCCC/C=C\CCCCCCCCOCC(COP(=O)(O)OC1C(O)C(O)C(O)C(O)C1O)OC(=O)CCCCCCCCCCCCCCCCCC. The first-order valence-electron chi connectivity index (χ1n) is 23.5. The Kier molecular flexibility index (Phi) is 34.9. The van der Waals surface area contributed by atoms with E-state index in [-0.39, 0.29) is 13.0 Å². The van der Waals surface area contributed by atoms with Crippen molar-refractivity contribution in [2.24, 2.45) is 0 Å². The van der Waals surface area contributed by atoms with Gasteiger partial charge in [0, 0.05) is 13.0 Å². The molecule has 344 valence electrons. The smallest absolute Gasteiger partial charge is 0.457 e. The number of phosphoric acid groups is 1. The molecule has 0 bridgehead atoms. The average Bonchev–Trinajstić information content (AvgIpc) is 3.21. The molecule has 0 aromatic carbocycles. The van der Waals surface area contributed by atoms with Crippen LogP contribution in [0.5, 0.6) is 0 Å². The molecule has 0 amide bonds. The van der Waals surface area contributed by atoms with Crippen LogP contribution < -0.4 is 0 Å². The molecule has 0 aromatic rings. The number of allylic oxidation sites excluding steroid dienone is 2. The van der Waals surface area contributed by atoms with Crippen LogP contribution in [0.2, 0.25) is 0 Å². The summed E-state index contributed by atoms with van der Waals surface area (Å²) < 4.78 is 34.2. The molecule has 0 saturated heterocycles. The van der Waals surface area contributed by atoms with E-state index < -0.39 is 63.1 Å². The molecule has 1 rings (SSSR count). The minimum atomic E-state index is -5.01. The molecular weight excluding hydrogens is 763 g/mol. The fourth-order valence-electron chi connectivity index (χ4n) is 7.35. The van der Waals surface area contributed by atoms with Gasteiger partial charge < -0.3 is 39.9 Å². The fourth-order valence-corrected chi connectivity index (χ4v) is 8.32. The summed E-state index contributed by atoms with van der Waals surface area (Å²) >= 11 is 0. The zero-order valence-corrected chi connectivity index (χ0v) is 37.5. The number of hydrogen-bond acceptors (Lipinski definition) is 11. The molecule has 0 aliphatic heterocycles. The molecule has 58 heavy (non-hydrogen) atoms. The van der Waals surface area contributed by atoms with Gasteiger partial charge >= 0.3 is 13.8 Å². The molecule has 6 unspecified atom stereocenters. The number of rotatable bonds is 40. The van der Waals surface area contributed by atoms with E-state index in [0.717, 1.165) is 51.4 Å². The second-order valence-electron chi connectivity index (χ2n) is 16.6. The standard InChI is InChI=1S/C45H87O12P/c1-3-5-7-9-11-13-15-17-19-20-22-24-26-28-30-32-34-39(46)56-38(37-55-58(52,53)57-45-43(50)41(48)40(47)42(49)44(45)51)36-54-35-33-31-29-27-25-23-21-18-16-14-12-10-8-6-4-2/h16,18,38,40-45,47-51H,3-15,17,19-37H2,1-2H3,(H,52,53)/b18-16-. The van der Waals surface area contributed by atoms with Gasteiger partial charge in [-0.25, -0.2) is 4.57 Å². The fraction of sp³-hybridized carbons (Fsp3) is 0.933. The summed E-state index contributed by atoms with van der Waals surface area (Å²) in [6.45, 7) is 4.26.